The lowest BCUT2D eigenvalue weighted by Gasteiger charge is -2.38. The Kier molecular flexibility index (Phi) is 4.10. The third-order valence-corrected chi connectivity index (χ3v) is 5.30. The van der Waals surface area contributed by atoms with Crippen LogP contribution in [0.1, 0.15) is 25.3 Å². The molecule has 3 atom stereocenters. The lowest BCUT2D eigenvalue weighted by atomic mass is 9.92. The molecular formula is C17H23N7O. The Morgan fingerprint density at radius 2 is 2.12 bits per heavy atom. The van der Waals surface area contributed by atoms with Crippen LogP contribution in [0.15, 0.2) is 25.0 Å². The normalized spacial score (nSPS) is 25.9. The molecule has 0 radical (unpaired) electrons. The van der Waals surface area contributed by atoms with Crippen LogP contribution in [0.4, 0.5) is 5.95 Å². The number of aryl methyl sites for hydroxylation is 1. The number of carbonyl (C=O) groups is 1. The summed E-state index contributed by atoms with van der Waals surface area (Å²) in [6.45, 7) is 6.14. The Morgan fingerprint density at radius 3 is 2.80 bits per heavy atom. The van der Waals surface area contributed by atoms with Crippen LogP contribution in [0.3, 0.4) is 0 Å². The molecule has 8 nitrogen and oxygen atoms in total. The van der Waals surface area contributed by atoms with Crippen molar-refractivity contribution in [3.63, 3.8) is 0 Å². The highest BCUT2D eigenvalue weighted by atomic mass is 16.2. The van der Waals surface area contributed by atoms with E-state index in [9.17, 15) is 4.79 Å². The summed E-state index contributed by atoms with van der Waals surface area (Å²) in [4.78, 5) is 29.5. The topological polar surface area (TPSA) is 80.0 Å². The summed E-state index contributed by atoms with van der Waals surface area (Å²) in [5, 5.41) is 4.20. The summed E-state index contributed by atoms with van der Waals surface area (Å²) >= 11 is 0. The Morgan fingerprint density at radius 1 is 1.32 bits per heavy atom. The second-order valence-corrected chi connectivity index (χ2v) is 7.06. The third-order valence-electron chi connectivity index (χ3n) is 5.30. The molecule has 0 aromatic carbocycles. The van der Waals surface area contributed by atoms with Gasteiger partial charge >= 0.3 is 0 Å². The Labute approximate surface area is 146 Å². The molecule has 2 aliphatic rings. The smallest absolute Gasteiger partial charge is 0.225 e. The quantitative estimate of drug-likeness (QED) is 0.825. The fourth-order valence-corrected chi connectivity index (χ4v) is 4.28. The fourth-order valence-electron chi connectivity index (χ4n) is 4.28. The number of aromatic nitrogens is 5. The predicted octanol–water partition coefficient (Wildman–Crippen LogP) is 0.892. The zero-order chi connectivity index (χ0) is 17.4. The Balaban J connectivity index is 1.50. The summed E-state index contributed by atoms with van der Waals surface area (Å²) in [5.41, 5.74) is 1.06. The molecule has 0 bridgehead atoms. The van der Waals surface area contributed by atoms with Crippen molar-refractivity contribution in [1.29, 1.82) is 0 Å². The molecule has 8 heteroatoms. The van der Waals surface area contributed by atoms with E-state index < -0.39 is 0 Å². The molecule has 0 saturated carbocycles. The second-order valence-electron chi connectivity index (χ2n) is 7.06. The van der Waals surface area contributed by atoms with Gasteiger partial charge in [-0.3, -0.25) is 9.48 Å². The van der Waals surface area contributed by atoms with Gasteiger partial charge in [-0.25, -0.2) is 15.0 Å². The molecule has 2 saturated heterocycles. The largest absolute Gasteiger partial charge is 0.340 e. The van der Waals surface area contributed by atoms with Gasteiger partial charge in [0.2, 0.25) is 11.9 Å². The van der Waals surface area contributed by atoms with Crippen LogP contribution in [0.5, 0.6) is 0 Å². The molecule has 0 spiro atoms. The van der Waals surface area contributed by atoms with Crippen LogP contribution in [0.25, 0.3) is 0 Å². The van der Waals surface area contributed by atoms with Gasteiger partial charge in [0.1, 0.15) is 12.7 Å². The van der Waals surface area contributed by atoms with Gasteiger partial charge in [0.25, 0.3) is 0 Å². The van der Waals surface area contributed by atoms with E-state index in [-0.39, 0.29) is 11.9 Å². The Hall–Kier alpha value is -2.51. The number of hydrogen-bond donors (Lipinski definition) is 0. The summed E-state index contributed by atoms with van der Waals surface area (Å²) in [6.07, 6.45) is 8.90. The first-order chi connectivity index (χ1) is 12.1. The monoisotopic (exact) mass is 341 g/mol. The highest BCUT2D eigenvalue weighted by Gasteiger charge is 2.45. The molecule has 2 aromatic rings. The maximum atomic E-state index is 12.3. The predicted molar refractivity (Wildman–Crippen MR) is 91.8 cm³/mol. The van der Waals surface area contributed by atoms with Gasteiger partial charge in [0, 0.05) is 38.4 Å². The van der Waals surface area contributed by atoms with Crippen LogP contribution in [-0.4, -0.2) is 60.7 Å². The van der Waals surface area contributed by atoms with Crippen molar-refractivity contribution in [2.75, 3.05) is 18.0 Å². The molecule has 0 aliphatic carbocycles. The number of amides is 1. The molecule has 25 heavy (non-hydrogen) atoms. The van der Waals surface area contributed by atoms with Gasteiger partial charge in [-0.15, -0.1) is 0 Å². The van der Waals surface area contributed by atoms with Crippen molar-refractivity contribution in [3.05, 3.63) is 30.6 Å². The number of piperidine rings is 1. The SMILES string of the molecule is CC(=O)N1C2CCN(c3ncc(C)cn3)CC2C[C@H]1Cn1cncn1. The third kappa shape index (κ3) is 3.08. The maximum absolute atomic E-state index is 12.3. The molecular weight excluding hydrogens is 318 g/mol. The number of anilines is 1. The van der Waals surface area contributed by atoms with E-state index in [4.69, 9.17) is 0 Å². The number of rotatable bonds is 3. The van der Waals surface area contributed by atoms with Crippen molar-refractivity contribution in [2.45, 2.75) is 45.3 Å². The van der Waals surface area contributed by atoms with E-state index in [1.54, 1.807) is 13.3 Å². The summed E-state index contributed by atoms with van der Waals surface area (Å²) in [5.74, 6) is 1.38. The van der Waals surface area contributed by atoms with E-state index in [0.717, 1.165) is 37.4 Å². The average Bonchev–Trinajstić information content (AvgIpc) is 3.22. The van der Waals surface area contributed by atoms with Crippen LogP contribution in [0.2, 0.25) is 0 Å². The first-order valence-corrected chi connectivity index (χ1v) is 8.76. The molecule has 4 rings (SSSR count). The van der Waals surface area contributed by atoms with Gasteiger partial charge in [-0.1, -0.05) is 0 Å². The molecule has 132 valence electrons. The van der Waals surface area contributed by atoms with E-state index >= 15 is 0 Å². The standard InChI is InChI=1S/C17H23N7O/c1-12-6-19-17(20-7-12)22-4-3-16-14(8-22)5-15(24(16)13(2)25)9-23-11-18-10-21-23/h6-7,10-11,14-16H,3-5,8-9H2,1-2H3/t14?,15-,16?/m0/s1. The van der Waals surface area contributed by atoms with Gasteiger partial charge in [0.15, 0.2) is 0 Å². The number of likely N-dealkylation sites (tertiary alicyclic amines) is 1. The van der Waals surface area contributed by atoms with Crippen molar-refractivity contribution >= 4 is 11.9 Å². The number of nitrogens with zero attached hydrogens (tertiary/aromatic N) is 7. The minimum absolute atomic E-state index is 0.151. The van der Waals surface area contributed by atoms with Crippen LogP contribution < -0.4 is 4.90 Å². The van der Waals surface area contributed by atoms with E-state index in [1.807, 2.05) is 24.0 Å². The summed E-state index contributed by atoms with van der Waals surface area (Å²) in [7, 11) is 0. The maximum Gasteiger partial charge on any atom is 0.225 e. The first-order valence-electron chi connectivity index (χ1n) is 8.76. The van der Waals surface area contributed by atoms with Crippen molar-refractivity contribution < 1.29 is 4.79 Å². The number of hydrogen-bond acceptors (Lipinski definition) is 6. The molecule has 0 N–H and O–H groups in total. The van der Waals surface area contributed by atoms with Crippen molar-refractivity contribution in [1.82, 2.24) is 29.6 Å². The van der Waals surface area contributed by atoms with Gasteiger partial charge < -0.3 is 9.80 Å². The van der Waals surface area contributed by atoms with E-state index in [2.05, 4.69) is 29.9 Å². The van der Waals surface area contributed by atoms with E-state index in [1.165, 1.54) is 6.33 Å². The van der Waals surface area contributed by atoms with Gasteiger partial charge in [-0.2, -0.15) is 5.10 Å². The number of fused-ring (bicyclic) bond motifs is 1. The van der Waals surface area contributed by atoms with E-state index in [0.29, 0.717) is 18.5 Å². The van der Waals surface area contributed by atoms with Crippen LogP contribution in [-0.2, 0) is 11.3 Å². The van der Waals surface area contributed by atoms with Crippen molar-refractivity contribution in [3.8, 4) is 0 Å². The van der Waals surface area contributed by atoms with Crippen LogP contribution >= 0.6 is 0 Å². The van der Waals surface area contributed by atoms with Gasteiger partial charge in [-0.05, 0) is 31.2 Å². The zero-order valence-electron chi connectivity index (χ0n) is 14.6. The highest BCUT2D eigenvalue weighted by molar-refractivity contribution is 5.74. The fraction of sp³-hybridized carbons (Fsp3) is 0.588. The molecule has 2 aliphatic heterocycles. The number of carbonyl (C=O) groups excluding carboxylic acids is 1. The first kappa shape index (κ1) is 16.0. The molecule has 2 unspecified atom stereocenters. The van der Waals surface area contributed by atoms with Gasteiger partial charge in [0.05, 0.1) is 12.6 Å². The summed E-state index contributed by atoms with van der Waals surface area (Å²) in [6, 6.07) is 0.473. The lowest BCUT2D eigenvalue weighted by molar-refractivity contribution is -0.132. The highest BCUT2D eigenvalue weighted by Crippen LogP contribution is 2.37. The van der Waals surface area contributed by atoms with Crippen LogP contribution in [0, 0.1) is 12.8 Å². The summed E-state index contributed by atoms with van der Waals surface area (Å²) < 4.78 is 1.82. The second kappa shape index (κ2) is 6.42. The molecule has 2 fully saturated rings. The zero-order valence-corrected chi connectivity index (χ0v) is 14.6. The molecule has 2 aromatic heterocycles. The molecule has 1 amide bonds. The minimum Gasteiger partial charge on any atom is -0.340 e. The lowest BCUT2D eigenvalue weighted by Crippen LogP contribution is -2.49. The Bertz CT molecular complexity index is 730. The average molecular weight is 341 g/mol. The minimum atomic E-state index is 0.151. The van der Waals surface area contributed by atoms with Crippen molar-refractivity contribution in [2.24, 2.45) is 5.92 Å². The molecule has 4 heterocycles.